The maximum Gasteiger partial charge on any atom is 0.140 e. The number of anilines is 2. The van der Waals surface area contributed by atoms with Gasteiger partial charge in [-0.2, -0.15) is 0 Å². The molecule has 120 valence electrons. The van der Waals surface area contributed by atoms with E-state index in [-0.39, 0.29) is 0 Å². The molecular formula is C16H17ClN4S2. The van der Waals surface area contributed by atoms with Gasteiger partial charge in [0.15, 0.2) is 0 Å². The lowest BCUT2D eigenvalue weighted by molar-refractivity contribution is 0.760. The summed E-state index contributed by atoms with van der Waals surface area (Å²) >= 11 is 9.84. The van der Waals surface area contributed by atoms with Gasteiger partial charge in [0.25, 0.3) is 0 Å². The number of aromatic nitrogens is 2. The van der Waals surface area contributed by atoms with E-state index >= 15 is 0 Å². The molecule has 0 radical (unpaired) electrons. The van der Waals surface area contributed by atoms with Gasteiger partial charge >= 0.3 is 0 Å². The Labute approximate surface area is 149 Å². The van der Waals surface area contributed by atoms with Gasteiger partial charge in [-0.1, -0.05) is 11.6 Å². The standard InChI is InChI=1S/C16H17ClN4S2/c1-9-12(17)7-14-16(19-9)21-11(8-23-14)6-10-2-3-13-15(20-10)18-4-5-22-13/h2-3,7,11H,4-6,8H2,1H3,(H,18,20)(H,19,21). The van der Waals surface area contributed by atoms with Crippen molar-refractivity contribution in [1.29, 1.82) is 0 Å². The van der Waals surface area contributed by atoms with Crippen molar-refractivity contribution in [3.63, 3.8) is 0 Å². The van der Waals surface area contributed by atoms with Gasteiger partial charge in [0.05, 0.1) is 15.6 Å². The predicted molar refractivity (Wildman–Crippen MR) is 99.3 cm³/mol. The molecule has 4 nitrogen and oxygen atoms in total. The Balaban J connectivity index is 1.51. The van der Waals surface area contributed by atoms with Crippen LogP contribution in [0.2, 0.25) is 5.02 Å². The first kappa shape index (κ1) is 15.4. The van der Waals surface area contributed by atoms with E-state index in [1.54, 1.807) is 0 Å². The number of thioether (sulfide) groups is 2. The monoisotopic (exact) mass is 364 g/mol. The van der Waals surface area contributed by atoms with Gasteiger partial charge in [0.2, 0.25) is 0 Å². The SMILES string of the molecule is Cc1nc2c(cc1Cl)SCC(Cc1ccc3c(n1)NCCS3)N2. The summed E-state index contributed by atoms with van der Waals surface area (Å²) in [4.78, 5) is 11.7. The summed E-state index contributed by atoms with van der Waals surface area (Å²) in [7, 11) is 0. The predicted octanol–water partition coefficient (Wildman–Crippen LogP) is 4.08. The second-order valence-corrected chi connectivity index (χ2v) is 8.29. The van der Waals surface area contributed by atoms with Crippen LogP contribution in [0.25, 0.3) is 0 Å². The van der Waals surface area contributed by atoms with E-state index < -0.39 is 0 Å². The Bertz CT molecular complexity index is 753. The molecule has 0 bridgehead atoms. The number of rotatable bonds is 2. The first-order valence-corrected chi connectivity index (χ1v) is 9.97. The average Bonchev–Trinajstić information content (AvgIpc) is 2.56. The molecule has 2 aromatic heterocycles. The molecule has 0 amide bonds. The number of fused-ring (bicyclic) bond motifs is 2. The second-order valence-electron chi connectivity index (χ2n) is 5.68. The van der Waals surface area contributed by atoms with Gasteiger partial charge in [-0.05, 0) is 25.1 Å². The number of nitrogens with zero attached hydrogens (tertiary/aromatic N) is 2. The summed E-state index contributed by atoms with van der Waals surface area (Å²) < 4.78 is 0. The van der Waals surface area contributed by atoms with E-state index in [4.69, 9.17) is 16.6 Å². The molecule has 4 rings (SSSR count). The van der Waals surface area contributed by atoms with E-state index in [1.807, 2.05) is 36.5 Å². The van der Waals surface area contributed by atoms with Gasteiger partial charge in [0.1, 0.15) is 11.6 Å². The third-order valence-electron chi connectivity index (χ3n) is 3.92. The Morgan fingerprint density at radius 1 is 1.22 bits per heavy atom. The molecule has 23 heavy (non-hydrogen) atoms. The van der Waals surface area contributed by atoms with Crippen LogP contribution in [0, 0.1) is 6.92 Å². The van der Waals surface area contributed by atoms with E-state index in [1.165, 1.54) is 4.90 Å². The zero-order chi connectivity index (χ0) is 15.8. The number of hydrogen-bond acceptors (Lipinski definition) is 6. The van der Waals surface area contributed by atoms with Gasteiger partial charge < -0.3 is 10.6 Å². The lowest BCUT2D eigenvalue weighted by Gasteiger charge is -2.26. The maximum absolute atomic E-state index is 6.16. The number of nitrogens with one attached hydrogen (secondary N) is 2. The molecule has 0 saturated heterocycles. The molecule has 2 aliphatic rings. The molecule has 2 N–H and O–H groups in total. The molecule has 1 unspecified atom stereocenters. The van der Waals surface area contributed by atoms with Crippen molar-refractivity contribution in [2.24, 2.45) is 0 Å². The molecular weight excluding hydrogens is 348 g/mol. The highest BCUT2D eigenvalue weighted by atomic mass is 35.5. The Morgan fingerprint density at radius 2 is 2.13 bits per heavy atom. The topological polar surface area (TPSA) is 49.8 Å². The van der Waals surface area contributed by atoms with Crippen LogP contribution < -0.4 is 10.6 Å². The zero-order valence-electron chi connectivity index (χ0n) is 12.7. The van der Waals surface area contributed by atoms with Gasteiger partial charge in [-0.25, -0.2) is 9.97 Å². The van der Waals surface area contributed by atoms with Crippen molar-refractivity contribution < 1.29 is 0 Å². The van der Waals surface area contributed by atoms with Crippen molar-refractivity contribution >= 4 is 46.8 Å². The molecule has 0 spiro atoms. The number of pyridine rings is 2. The second kappa shape index (κ2) is 6.42. The van der Waals surface area contributed by atoms with Crippen molar-refractivity contribution in [2.45, 2.75) is 29.2 Å². The smallest absolute Gasteiger partial charge is 0.140 e. The summed E-state index contributed by atoms with van der Waals surface area (Å²) in [6.45, 7) is 2.93. The summed E-state index contributed by atoms with van der Waals surface area (Å²) in [5, 5.41) is 7.66. The van der Waals surface area contributed by atoms with Gasteiger partial charge in [-0.15, -0.1) is 23.5 Å². The van der Waals surface area contributed by atoms with Crippen molar-refractivity contribution in [1.82, 2.24) is 9.97 Å². The highest BCUT2D eigenvalue weighted by molar-refractivity contribution is 7.99. The molecule has 1 atom stereocenters. The molecule has 4 heterocycles. The van der Waals surface area contributed by atoms with Crippen LogP contribution in [0.5, 0.6) is 0 Å². The van der Waals surface area contributed by atoms with E-state index in [0.717, 1.165) is 57.4 Å². The Kier molecular flexibility index (Phi) is 4.30. The quantitative estimate of drug-likeness (QED) is 0.837. The zero-order valence-corrected chi connectivity index (χ0v) is 15.1. The van der Waals surface area contributed by atoms with Crippen LogP contribution in [-0.4, -0.2) is 34.1 Å². The number of hydrogen-bond donors (Lipinski definition) is 2. The molecule has 7 heteroatoms. The molecule has 0 aliphatic carbocycles. The fourth-order valence-electron chi connectivity index (χ4n) is 2.74. The van der Waals surface area contributed by atoms with Crippen molar-refractivity contribution in [3.8, 4) is 0 Å². The summed E-state index contributed by atoms with van der Waals surface area (Å²) in [6, 6.07) is 6.66. The molecule has 2 aromatic rings. The van der Waals surface area contributed by atoms with Crippen LogP contribution in [0.4, 0.5) is 11.6 Å². The minimum Gasteiger partial charge on any atom is -0.368 e. The fourth-order valence-corrected chi connectivity index (χ4v) is 4.82. The third kappa shape index (κ3) is 3.25. The first-order chi connectivity index (χ1) is 11.2. The van der Waals surface area contributed by atoms with E-state index in [0.29, 0.717) is 6.04 Å². The normalized spacial score (nSPS) is 19.3. The van der Waals surface area contributed by atoms with E-state index in [2.05, 4.69) is 27.8 Å². The van der Waals surface area contributed by atoms with E-state index in [9.17, 15) is 0 Å². The minimum atomic E-state index is 0.336. The van der Waals surface area contributed by atoms with Crippen LogP contribution in [0.15, 0.2) is 28.0 Å². The van der Waals surface area contributed by atoms with Crippen molar-refractivity contribution in [3.05, 3.63) is 34.6 Å². The van der Waals surface area contributed by atoms with Crippen LogP contribution in [-0.2, 0) is 6.42 Å². The van der Waals surface area contributed by atoms with Gasteiger partial charge in [0, 0.05) is 41.1 Å². The Morgan fingerprint density at radius 3 is 3.04 bits per heavy atom. The van der Waals surface area contributed by atoms with Crippen molar-refractivity contribution in [2.75, 3.05) is 28.7 Å². The summed E-state index contributed by atoms with van der Waals surface area (Å²) in [5.41, 5.74) is 1.98. The number of halogens is 1. The first-order valence-electron chi connectivity index (χ1n) is 7.62. The lowest BCUT2D eigenvalue weighted by atomic mass is 10.1. The van der Waals surface area contributed by atoms with Crippen LogP contribution in [0.1, 0.15) is 11.4 Å². The van der Waals surface area contributed by atoms with Crippen LogP contribution in [0.3, 0.4) is 0 Å². The Hall–Kier alpha value is -1.11. The molecule has 0 aromatic carbocycles. The highest BCUT2D eigenvalue weighted by Crippen LogP contribution is 2.35. The molecule has 2 aliphatic heterocycles. The molecule has 0 saturated carbocycles. The largest absolute Gasteiger partial charge is 0.368 e. The fraction of sp³-hybridized carbons (Fsp3) is 0.375. The lowest BCUT2D eigenvalue weighted by Crippen LogP contribution is -2.29. The molecule has 0 fully saturated rings. The van der Waals surface area contributed by atoms with Crippen LogP contribution >= 0.6 is 35.1 Å². The maximum atomic E-state index is 6.16. The number of aryl methyl sites for hydroxylation is 1. The minimum absolute atomic E-state index is 0.336. The van der Waals surface area contributed by atoms with Gasteiger partial charge in [-0.3, -0.25) is 0 Å². The average molecular weight is 365 g/mol. The third-order valence-corrected chi connectivity index (χ3v) is 6.54. The highest BCUT2D eigenvalue weighted by Gasteiger charge is 2.22. The summed E-state index contributed by atoms with van der Waals surface area (Å²) in [6.07, 6.45) is 0.898. The summed E-state index contributed by atoms with van der Waals surface area (Å²) in [5.74, 6) is 4.08.